The Labute approximate surface area is 126 Å². The number of nitrogens with zero attached hydrogens (tertiary/aromatic N) is 3. The van der Waals surface area contributed by atoms with Gasteiger partial charge in [0.25, 0.3) is 0 Å². The van der Waals surface area contributed by atoms with Crippen LogP contribution in [0.15, 0.2) is 12.3 Å². The standard InChI is InChI=1S/C14H24N4O2S/c1-3-8-18(9-4-2)14-15-7-5-13(17-14)16-12-6-10-21(19,20)11-12/h5,7,12H,3-4,6,8-11H2,1-2H3,(H,15,16,17). The maximum absolute atomic E-state index is 11.5. The molecule has 1 N–H and O–H groups in total. The van der Waals surface area contributed by atoms with Gasteiger partial charge in [-0.2, -0.15) is 4.98 Å². The van der Waals surface area contributed by atoms with Crippen LogP contribution in [0.4, 0.5) is 11.8 Å². The zero-order chi connectivity index (χ0) is 15.3. The number of hydrogen-bond donors (Lipinski definition) is 1. The molecule has 1 atom stereocenters. The van der Waals surface area contributed by atoms with Gasteiger partial charge in [0.1, 0.15) is 5.82 Å². The fourth-order valence-electron chi connectivity index (χ4n) is 2.55. The average Bonchev–Trinajstić information content (AvgIpc) is 2.78. The van der Waals surface area contributed by atoms with Crippen LogP contribution in [0.2, 0.25) is 0 Å². The molecule has 1 saturated heterocycles. The molecule has 1 unspecified atom stereocenters. The van der Waals surface area contributed by atoms with E-state index in [1.807, 2.05) is 0 Å². The minimum atomic E-state index is -2.88. The van der Waals surface area contributed by atoms with Gasteiger partial charge in [-0.25, -0.2) is 13.4 Å². The van der Waals surface area contributed by atoms with E-state index in [0.29, 0.717) is 18.2 Å². The van der Waals surface area contributed by atoms with Crippen molar-refractivity contribution in [2.45, 2.75) is 39.2 Å². The van der Waals surface area contributed by atoms with E-state index in [4.69, 9.17) is 0 Å². The predicted molar refractivity (Wildman–Crippen MR) is 85.5 cm³/mol. The Hall–Kier alpha value is -1.37. The molecule has 2 heterocycles. The molecule has 6 nitrogen and oxygen atoms in total. The van der Waals surface area contributed by atoms with Crippen LogP contribution >= 0.6 is 0 Å². The minimum Gasteiger partial charge on any atom is -0.366 e. The molecule has 0 aliphatic carbocycles. The van der Waals surface area contributed by atoms with Crippen LogP contribution in [-0.2, 0) is 9.84 Å². The summed E-state index contributed by atoms with van der Waals surface area (Å²) >= 11 is 0. The molecule has 1 aliphatic rings. The lowest BCUT2D eigenvalue weighted by Crippen LogP contribution is -2.28. The molecule has 0 bridgehead atoms. The van der Waals surface area contributed by atoms with Gasteiger partial charge in [0.15, 0.2) is 9.84 Å². The topological polar surface area (TPSA) is 75.2 Å². The molecular weight excluding hydrogens is 288 g/mol. The van der Waals surface area contributed by atoms with E-state index in [-0.39, 0.29) is 17.5 Å². The Morgan fingerprint density at radius 1 is 1.33 bits per heavy atom. The van der Waals surface area contributed by atoms with Gasteiger partial charge >= 0.3 is 0 Å². The molecule has 1 aromatic heterocycles. The highest BCUT2D eigenvalue weighted by Crippen LogP contribution is 2.18. The van der Waals surface area contributed by atoms with Crippen LogP contribution in [0.3, 0.4) is 0 Å². The fraction of sp³-hybridized carbons (Fsp3) is 0.714. The highest BCUT2D eigenvalue weighted by molar-refractivity contribution is 7.91. The fourth-order valence-corrected chi connectivity index (χ4v) is 4.22. The van der Waals surface area contributed by atoms with E-state index in [1.165, 1.54) is 0 Å². The summed E-state index contributed by atoms with van der Waals surface area (Å²) in [4.78, 5) is 11.0. The molecule has 7 heteroatoms. The third-order valence-corrected chi connectivity index (χ3v) is 5.27. The van der Waals surface area contributed by atoms with Crippen LogP contribution in [0, 0.1) is 0 Å². The van der Waals surface area contributed by atoms with Crippen molar-refractivity contribution < 1.29 is 8.42 Å². The van der Waals surface area contributed by atoms with Crippen molar-refractivity contribution >= 4 is 21.6 Å². The molecule has 0 radical (unpaired) electrons. The average molecular weight is 312 g/mol. The molecule has 118 valence electrons. The van der Waals surface area contributed by atoms with Crippen LogP contribution in [0.1, 0.15) is 33.1 Å². The first-order valence-corrected chi connectivity index (χ1v) is 9.41. The van der Waals surface area contributed by atoms with Crippen molar-refractivity contribution in [3.05, 3.63) is 12.3 Å². The Bertz CT molecular complexity index is 556. The lowest BCUT2D eigenvalue weighted by molar-refractivity contribution is 0.602. The normalized spacial score (nSPS) is 20.4. The Morgan fingerprint density at radius 3 is 2.62 bits per heavy atom. The van der Waals surface area contributed by atoms with Gasteiger partial charge in [0.05, 0.1) is 11.5 Å². The van der Waals surface area contributed by atoms with Gasteiger partial charge < -0.3 is 10.2 Å². The highest BCUT2D eigenvalue weighted by atomic mass is 32.2. The quantitative estimate of drug-likeness (QED) is 0.826. The summed E-state index contributed by atoms with van der Waals surface area (Å²) in [5, 5.41) is 3.22. The Morgan fingerprint density at radius 2 is 2.05 bits per heavy atom. The summed E-state index contributed by atoms with van der Waals surface area (Å²) in [5.41, 5.74) is 0. The summed E-state index contributed by atoms with van der Waals surface area (Å²) in [5.74, 6) is 1.88. The third-order valence-electron chi connectivity index (χ3n) is 3.50. The maximum atomic E-state index is 11.5. The number of rotatable bonds is 7. The summed E-state index contributed by atoms with van der Waals surface area (Å²) in [7, 11) is -2.88. The maximum Gasteiger partial charge on any atom is 0.227 e. The highest BCUT2D eigenvalue weighted by Gasteiger charge is 2.28. The molecule has 0 amide bonds. The van der Waals surface area contributed by atoms with Crippen molar-refractivity contribution in [3.63, 3.8) is 0 Å². The Balaban J connectivity index is 2.06. The van der Waals surface area contributed by atoms with Crippen LogP contribution in [0.25, 0.3) is 0 Å². The van der Waals surface area contributed by atoms with E-state index in [1.54, 1.807) is 12.3 Å². The molecule has 1 aliphatic heterocycles. The van der Waals surface area contributed by atoms with Gasteiger partial charge in [-0.15, -0.1) is 0 Å². The zero-order valence-electron chi connectivity index (χ0n) is 12.7. The van der Waals surface area contributed by atoms with Crippen molar-refractivity contribution in [1.82, 2.24) is 9.97 Å². The van der Waals surface area contributed by atoms with E-state index in [9.17, 15) is 8.42 Å². The van der Waals surface area contributed by atoms with Gasteiger partial charge in [0.2, 0.25) is 5.95 Å². The number of hydrogen-bond acceptors (Lipinski definition) is 6. The van der Waals surface area contributed by atoms with Crippen LogP contribution in [-0.4, -0.2) is 49.0 Å². The molecule has 0 saturated carbocycles. The molecule has 21 heavy (non-hydrogen) atoms. The molecule has 0 spiro atoms. The lowest BCUT2D eigenvalue weighted by atomic mass is 10.2. The SMILES string of the molecule is CCCN(CCC)c1nccc(NC2CCS(=O)(=O)C2)n1. The van der Waals surface area contributed by atoms with Gasteiger partial charge in [-0.05, 0) is 25.3 Å². The second-order valence-electron chi connectivity index (χ2n) is 5.47. The summed E-state index contributed by atoms with van der Waals surface area (Å²) in [6.07, 6.45) is 4.46. The minimum absolute atomic E-state index is 0.0384. The third kappa shape index (κ3) is 4.56. The monoisotopic (exact) mass is 312 g/mol. The largest absolute Gasteiger partial charge is 0.366 e. The summed E-state index contributed by atoms with van der Waals surface area (Å²) in [6.45, 7) is 6.12. The van der Waals surface area contributed by atoms with Crippen LogP contribution < -0.4 is 10.2 Å². The smallest absolute Gasteiger partial charge is 0.227 e. The second kappa shape index (κ2) is 7.06. The number of aromatic nitrogens is 2. The predicted octanol–water partition coefficient (Wildman–Crippen LogP) is 1.70. The van der Waals surface area contributed by atoms with Crippen molar-refractivity contribution in [2.24, 2.45) is 0 Å². The molecule has 1 fully saturated rings. The van der Waals surface area contributed by atoms with Gasteiger partial charge in [-0.3, -0.25) is 0 Å². The summed E-state index contributed by atoms with van der Waals surface area (Å²) in [6, 6.07) is 1.76. The first kappa shape index (κ1) is 16.0. The first-order chi connectivity index (χ1) is 10.0. The molecule has 2 rings (SSSR count). The molecule has 0 aromatic carbocycles. The van der Waals surface area contributed by atoms with Gasteiger partial charge in [0, 0.05) is 25.3 Å². The van der Waals surface area contributed by atoms with E-state index < -0.39 is 9.84 Å². The van der Waals surface area contributed by atoms with E-state index in [0.717, 1.165) is 25.9 Å². The van der Waals surface area contributed by atoms with Crippen LogP contribution in [0.5, 0.6) is 0 Å². The van der Waals surface area contributed by atoms with Crippen molar-refractivity contribution in [2.75, 3.05) is 34.8 Å². The second-order valence-corrected chi connectivity index (χ2v) is 7.70. The lowest BCUT2D eigenvalue weighted by Gasteiger charge is -2.22. The number of nitrogens with one attached hydrogen (secondary N) is 1. The number of sulfone groups is 1. The number of anilines is 2. The molecular formula is C14H24N4O2S. The van der Waals surface area contributed by atoms with Gasteiger partial charge in [-0.1, -0.05) is 13.8 Å². The van der Waals surface area contributed by atoms with Crippen molar-refractivity contribution in [1.29, 1.82) is 0 Å². The van der Waals surface area contributed by atoms with E-state index in [2.05, 4.69) is 34.0 Å². The summed E-state index contributed by atoms with van der Waals surface area (Å²) < 4.78 is 23.0. The Kier molecular flexibility index (Phi) is 5.39. The van der Waals surface area contributed by atoms with Crippen molar-refractivity contribution in [3.8, 4) is 0 Å². The molecule has 1 aromatic rings. The zero-order valence-corrected chi connectivity index (χ0v) is 13.6. The van der Waals surface area contributed by atoms with E-state index >= 15 is 0 Å². The first-order valence-electron chi connectivity index (χ1n) is 7.59.